The van der Waals surface area contributed by atoms with Crippen LogP contribution >= 0.6 is 0 Å². The van der Waals surface area contributed by atoms with E-state index in [1.54, 1.807) is 6.08 Å². The van der Waals surface area contributed by atoms with Crippen molar-refractivity contribution in [3.63, 3.8) is 0 Å². The molecule has 4 atom stereocenters. The van der Waals surface area contributed by atoms with Crippen molar-refractivity contribution in [3.8, 4) is 0 Å². The minimum absolute atomic E-state index is 0.195. The van der Waals surface area contributed by atoms with Crippen LogP contribution in [0.5, 0.6) is 0 Å². The monoisotopic (exact) mass is 396 g/mol. The second-order valence-corrected chi connectivity index (χ2v) is 9.46. The summed E-state index contributed by atoms with van der Waals surface area (Å²) in [5, 5.41) is 1.25. The van der Waals surface area contributed by atoms with Gasteiger partial charge in [-0.15, -0.1) is 6.58 Å². The van der Waals surface area contributed by atoms with E-state index < -0.39 is 0 Å². The summed E-state index contributed by atoms with van der Waals surface area (Å²) in [4.78, 5) is 0. The standard InChI is InChI=1S/C27H34F2/c1-3-5-7-23-16-22-12-13-24(27(29)25(22)17-26(23)28)21-11-10-19-14-18(6-4-2)8-9-20(19)15-21/h3,12-13,16-21H,1,4-11,14-15H2,2H3/t18?,19-,20?,21-/m1/s1. The maximum atomic E-state index is 15.4. The van der Waals surface area contributed by atoms with E-state index in [2.05, 4.69) is 13.5 Å². The molecule has 0 heterocycles. The number of rotatable bonds is 6. The van der Waals surface area contributed by atoms with Crippen LogP contribution < -0.4 is 0 Å². The van der Waals surface area contributed by atoms with Crippen molar-refractivity contribution in [3.05, 3.63) is 59.7 Å². The molecule has 0 radical (unpaired) electrons. The van der Waals surface area contributed by atoms with Crippen molar-refractivity contribution < 1.29 is 8.78 Å². The van der Waals surface area contributed by atoms with Gasteiger partial charge in [-0.2, -0.15) is 0 Å². The Morgan fingerprint density at radius 2 is 1.83 bits per heavy atom. The minimum atomic E-state index is -0.298. The van der Waals surface area contributed by atoms with Crippen LogP contribution in [0.1, 0.15) is 81.8 Å². The molecule has 2 aromatic carbocycles. The largest absolute Gasteiger partial charge is 0.207 e. The van der Waals surface area contributed by atoms with Crippen LogP contribution in [-0.4, -0.2) is 0 Å². The molecule has 2 aliphatic carbocycles. The van der Waals surface area contributed by atoms with E-state index in [9.17, 15) is 4.39 Å². The summed E-state index contributed by atoms with van der Waals surface area (Å²) in [5.74, 6) is 2.29. The fourth-order valence-electron chi connectivity index (χ4n) is 6.08. The van der Waals surface area contributed by atoms with Crippen LogP contribution in [0.3, 0.4) is 0 Å². The molecule has 0 aliphatic heterocycles. The van der Waals surface area contributed by atoms with Gasteiger partial charge in [0.2, 0.25) is 0 Å². The summed E-state index contributed by atoms with van der Waals surface area (Å²) in [5.41, 5.74) is 1.46. The summed E-state index contributed by atoms with van der Waals surface area (Å²) in [6.07, 6.45) is 13.2. The predicted molar refractivity (Wildman–Crippen MR) is 118 cm³/mol. The third kappa shape index (κ3) is 4.27. The van der Waals surface area contributed by atoms with E-state index >= 15 is 4.39 Å². The molecular formula is C27H34F2. The van der Waals surface area contributed by atoms with Crippen LogP contribution in [0.25, 0.3) is 10.8 Å². The Morgan fingerprint density at radius 3 is 2.62 bits per heavy atom. The summed E-state index contributed by atoms with van der Waals surface area (Å²) in [6.45, 7) is 5.99. The average Bonchev–Trinajstić information content (AvgIpc) is 2.73. The molecule has 2 heteroatoms. The van der Waals surface area contributed by atoms with Crippen molar-refractivity contribution in [2.45, 2.75) is 77.0 Å². The van der Waals surface area contributed by atoms with Crippen molar-refractivity contribution in [2.75, 3.05) is 0 Å². The zero-order valence-corrected chi connectivity index (χ0v) is 17.7. The van der Waals surface area contributed by atoms with E-state index in [4.69, 9.17) is 0 Å². The van der Waals surface area contributed by atoms with E-state index in [1.165, 1.54) is 44.6 Å². The Morgan fingerprint density at radius 1 is 1.03 bits per heavy atom. The van der Waals surface area contributed by atoms with Gasteiger partial charge in [0.05, 0.1) is 0 Å². The van der Waals surface area contributed by atoms with Gasteiger partial charge in [0.25, 0.3) is 0 Å². The molecule has 0 amide bonds. The van der Waals surface area contributed by atoms with Gasteiger partial charge in [-0.3, -0.25) is 0 Å². The van der Waals surface area contributed by atoms with Gasteiger partial charge >= 0.3 is 0 Å². The fourth-order valence-corrected chi connectivity index (χ4v) is 6.08. The number of allylic oxidation sites excluding steroid dienone is 1. The zero-order valence-electron chi connectivity index (χ0n) is 17.7. The normalized spacial score (nSPS) is 27.0. The lowest BCUT2D eigenvalue weighted by Crippen LogP contribution is -2.30. The predicted octanol–water partition coefficient (Wildman–Crippen LogP) is 8.34. The quantitative estimate of drug-likeness (QED) is 0.430. The first-order valence-corrected chi connectivity index (χ1v) is 11.6. The van der Waals surface area contributed by atoms with Gasteiger partial charge in [-0.1, -0.05) is 44.4 Å². The van der Waals surface area contributed by atoms with Gasteiger partial charge in [0, 0.05) is 5.39 Å². The first-order chi connectivity index (χ1) is 14.1. The second kappa shape index (κ2) is 8.98. The van der Waals surface area contributed by atoms with Crippen molar-refractivity contribution in [1.29, 1.82) is 0 Å². The number of benzene rings is 2. The van der Waals surface area contributed by atoms with E-state index in [-0.39, 0.29) is 17.6 Å². The highest BCUT2D eigenvalue weighted by molar-refractivity contribution is 5.85. The summed E-state index contributed by atoms with van der Waals surface area (Å²) >= 11 is 0. The molecule has 2 unspecified atom stereocenters. The Labute approximate surface area is 174 Å². The van der Waals surface area contributed by atoms with Gasteiger partial charge in [-0.05, 0) is 97.3 Å². The molecule has 0 bridgehead atoms. The lowest BCUT2D eigenvalue weighted by molar-refractivity contribution is 0.113. The molecule has 29 heavy (non-hydrogen) atoms. The lowest BCUT2D eigenvalue weighted by Gasteiger charge is -2.42. The van der Waals surface area contributed by atoms with Crippen molar-refractivity contribution in [2.24, 2.45) is 17.8 Å². The summed E-state index contributed by atoms with van der Waals surface area (Å²) in [7, 11) is 0. The van der Waals surface area contributed by atoms with Crippen LogP contribution in [0.15, 0.2) is 36.9 Å². The third-order valence-electron chi connectivity index (χ3n) is 7.63. The Balaban J connectivity index is 1.54. The first kappa shape index (κ1) is 20.6. The SMILES string of the molecule is C=CCCc1cc2ccc([C@@H]3CC[C@@H]4CC(CCC)CCC4C3)c(F)c2cc1F. The molecule has 2 aliphatic rings. The maximum Gasteiger partial charge on any atom is 0.134 e. The van der Waals surface area contributed by atoms with Gasteiger partial charge in [0.15, 0.2) is 0 Å². The lowest BCUT2D eigenvalue weighted by atomic mass is 9.63. The van der Waals surface area contributed by atoms with Gasteiger partial charge in [0.1, 0.15) is 11.6 Å². The molecule has 156 valence electrons. The molecule has 4 rings (SSSR count). The molecule has 0 spiro atoms. The number of hydrogen-bond acceptors (Lipinski definition) is 0. The van der Waals surface area contributed by atoms with E-state index in [0.29, 0.717) is 17.4 Å². The summed E-state index contributed by atoms with van der Waals surface area (Å²) < 4.78 is 29.9. The highest BCUT2D eigenvalue weighted by Crippen LogP contribution is 2.49. The fraction of sp³-hybridized carbons (Fsp3) is 0.556. The van der Waals surface area contributed by atoms with Crippen LogP contribution in [-0.2, 0) is 6.42 Å². The topological polar surface area (TPSA) is 0 Å². The Kier molecular flexibility index (Phi) is 6.37. The highest BCUT2D eigenvalue weighted by atomic mass is 19.1. The van der Waals surface area contributed by atoms with Crippen LogP contribution in [0.4, 0.5) is 8.78 Å². The molecule has 2 fully saturated rings. The summed E-state index contributed by atoms with van der Waals surface area (Å²) in [6, 6.07) is 7.19. The third-order valence-corrected chi connectivity index (χ3v) is 7.63. The number of hydrogen-bond donors (Lipinski definition) is 0. The van der Waals surface area contributed by atoms with E-state index in [0.717, 1.165) is 48.0 Å². The number of fused-ring (bicyclic) bond motifs is 2. The molecule has 0 N–H and O–H groups in total. The molecule has 2 aromatic rings. The minimum Gasteiger partial charge on any atom is -0.207 e. The van der Waals surface area contributed by atoms with E-state index in [1.807, 2.05) is 18.2 Å². The zero-order chi connectivity index (χ0) is 20.4. The first-order valence-electron chi connectivity index (χ1n) is 11.6. The molecule has 0 aromatic heterocycles. The molecule has 0 nitrogen and oxygen atoms in total. The Hall–Kier alpha value is -1.70. The number of halogens is 2. The van der Waals surface area contributed by atoms with Crippen LogP contribution in [0.2, 0.25) is 0 Å². The molecule has 2 saturated carbocycles. The van der Waals surface area contributed by atoms with Gasteiger partial charge in [-0.25, -0.2) is 8.78 Å². The van der Waals surface area contributed by atoms with Gasteiger partial charge < -0.3 is 0 Å². The smallest absolute Gasteiger partial charge is 0.134 e. The Bertz CT molecular complexity index is 868. The van der Waals surface area contributed by atoms with Crippen molar-refractivity contribution in [1.82, 2.24) is 0 Å². The molecular weight excluding hydrogens is 362 g/mol. The van der Waals surface area contributed by atoms with Crippen molar-refractivity contribution >= 4 is 10.8 Å². The second-order valence-electron chi connectivity index (χ2n) is 9.46. The molecule has 0 saturated heterocycles. The number of aryl methyl sites for hydroxylation is 1. The average molecular weight is 397 g/mol. The van der Waals surface area contributed by atoms with Crippen LogP contribution in [0, 0.1) is 29.4 Å². The maximum absolute atomic E-state index is 15.4. The highest BCUT2D eigenvalue weighted by Gasteiger charge is 2.36.